The number of benzene rings is 1. The molecule has 1 aliphatic rings. The van der Waals surface area contributed by atoms with Gasteiger partial charge in [-0.2, -0.15) is 0 Å². The summed E-state index contributed by atoms with van der Waals surface area (Å²) in [4.78, 5) is 0. The lowest BCUT2D eigenvalue weighted by Gasteiger charge is -2.27. The fraction of sp³-hybridized carbons (Fsp3) is 0.625. The zero-order chi connectivity index (χ0) is 12.8. The normalized spacial score (nSPS) is 21.8. The summed E-state index contributed by atoms with van der Waals surface area (Å²) < 4.78 is 5.84. The highest BCUT2D eigenvalue weighted by molar-refractivity contribution is 5.26. The molecule has 1 N–H and O–H groups in total. The van der Waals surface area contributed by atoms with Crippen molar-refractivity contribution in [3.63, 3.8) is 0 Å². The van der Waals surface area contributed by atoms with Crippen LogP contribution in [0.3, 0.4) is 0 Å². The first-order valence-corrected chi connectivity index (χ1v) is 7.13. The summed E-state index contributed by atoms with van der Waals surface area (Å²) in [6, 6.07) is 9.19. The minimum absolute atomic E-state index is 0.459. The Kier molecular flexibility index (Phi) is 5.21. The van der Waals surface area contributed by atoms with Crippen LogP contribution in [0.1, 0.15) is 36.8 Å². The lowest BCUT2D eigenvalue weighted by molar-refractivity contribution is 0.00568. The van der Waals surface area contributed by atoms with Gasteiger partial charge in [0.25, 0.3) is 0 Å². The van der Waals surface area contributed by atoms with Crippen LogP contribution in [0.2, 0.25) is 0 Å². The monoisotopic (exact) mass is 247 g/mol. The molecule has 1 aliphatic heterocycles. The molecule has 100 valence electrons. The van der Waals surface area contributed by atoms with E-state index in [0.717, 1.165) is 19.4 Å². The zero-order valence-electron chi connectivity index (χ0n) is 11.6. The van der Waals surface area contributed by atoms with E-state index in [2.05, 4.69) is 43.6 Å². The second kappa shape index (κ2) is 6.91. The SMILES string of the molecule is CNC(Cc1ccccc1C)CC1CCCCO1. The molecular formula is C16H25NO. The molecule has 2 rings (SSSR count). The fourth-order valence-electron chi connectivity index (χ4n) is 2.72. The number of hydrogen-bond acceptors (Lipinski definition) is 2. The van der Waals surface area contributed by atoms with E-state index in [1.54, 1.807) is 0 Å². The van der Waals surface area contributed by atoms with Crippen molar-refractivity contribution in [1.29, 1.82) is 0 Å². The molecule has 2 nitrogen and oxygen atoms in total. The number of ether oxygens (including phenoxy) is 1. The van der Waals surface area contributed by atoms with Gasteiger partial charge in [-0.15, -0.1) is 0 Å². The third-order valence-electron chi connectivity index (χ3n) is 3.96. The molecule has 1 heterocycles. The average Bonchev–Trinajstić information content (AvgIpc) is 2.41. The van der Waals surface area contributed by atoms with Gasteiger partial charge >= 0.3 is 0 Å². The average molecular weight is 247 g/mol. The Morgan fingerprint density at radius 2 is 2.17 bits per heavy atom. The summed E-state index contributed by atoms with van der Waals surface area (Å²) in [5.74, 6) is 0. The third-order valence-corrected chi connectivity index (χ3v) is 3.96. The van der Waals surface area contributed by atoms with Crippen LogP contribution in [-0.4, -0.2) is 25.8 Å². The first-order valence-electron chi connectivity index (χ1n) is 7.13. The van der Waals surface area contributed by atoms with E-state index >= 15 is 0 Å². The summed E-state index contributed by atoms with van der Waals surface area (Å²) >= 11 is 0. The Bertz CT molecular complexity index is 358. The smallest absolute Gasteiger partial charge is 0.0590 e. The van der Waals surface area contributed by atoms with Gasteiger partial charge in [0.2, 0.25) is 0 Å². The number of hydrogen-bond donors (Lipinski definition) is 1. The number of aryl methyl sites for hydroxylation is 1. The zero-order valence-corrected chi connectivity index (χ0v) is 11.6. The molecule has 18 heavy (non-hydrogen) atoms. The molecule has 0 aliphatic carbocycles. The topological polar surface area (TPSA) is 21.3 Å². The van der Waals surface area contributed by atoms with Gasteiger partial charge in [-0.25, -0.2) is 0 Å². The van der Waals surface area contributed by atoms with Crippen LogP contribution in [0.15, 0.2) is 24.3 Å². The molecule has 0 amide bonds. The van der Waals surface area contributed by atoms with Crippen molar-refractivity contribution in [2.45, 2.75) is 51.2 Å². The molecule has 1 saturated heterocycles. The first-order chi connectivity index (χ1) is 8.79. The third kappa shape index (κ3) is 3.82. The summed E-state index contributed by atoms with van der Waals surface area (Å²) in [7, 11) is 2.06. The van der Waals surface area contributed by atoms with Crippen LogP contribution in [0.25, 0.3) is 0 Å². The van der Waals surface area contributed by atoms with E-state index < -0.39 is 0 Å². The highest BCUT2D eigenvalue weighted by Gasteiger charge is 2.19. The second-order valence-electron chi connectivity index (χ2n) is 5.34. The molecule has 0 aromatic heterocycles. The molecule has 0 spiro atoms. The van der Waals surface area contributed by atoms with Gasteiger partial charge in [0.15, 0.2) is 0 Å². The van der Waals surface area contributed by atoms with Gasteiger partial charge in [0.1, 0.15) is 0 Å². The number of rotatable bonds is 5. The van der Waals surface area contributed by atoms with Crippen molar-refractivity contribution in [1.82, 2.24) is 5.32 Å². The Balaban J connectivity index is 1.90. The highest BCUT2D eigenvalue weighted by Crippen LogP contribution is 2.19. The second-order valence-corrected chi connectivity index (χ2v) is 5.34. The summed E-state index contributed by atoms with van der Waals surface area (Å²) in [6.45, 7) is 3.14. The van der Waals surface area contributed by atoms with Crippen LogP contribution in [0.5, 0.6) is 0 Å². The molecule has 1 aromatic rings. The molecule has 1 fully saturated rings. The first kappa shape index (κ1) is 13.6. The lowest BCUT2D eigenvalue weighted by Crippen LogP contribution is -2.34. The van der Waals surface area contributed by atoms with Gasteiger partial charge in [-0.3, -0.25) is 0 Å². The molecule has 2 unspecified atom stereocenters. The van der Waals surface area contributed by atoms with Crippen LogP contribution >= 0.6 is 0 Å². The Morgan fingerprint density at radius 1 is 1.33 bits per heavy atom. The van der Waals surface area contributed by atoms with E-state index in [9.17, 15) is 0 Å². The molecule has 0 saturated carbocycles. The van der Waals surface area contributed by atoms with Crippen molar-refractivity contribution in [3.05, 3.63) is 35.4 Å². The van der Waals surface area contributed by atoms with Gasteiger partial charge in [0, 0.05) is 12.6 Å². The van der Waals surface area contributed by atoms with E-state index in [1.165, 1.54) is 30.4 Å². The van der Waals surface area contributed by atoms with Crippen LogP contribution < -0.4 is 5.32 Å². The predicted octanol–water partition coefficient (Wildman–Crippen LogP) is 3.08. The van der Waals surface area contributed by atoms with Crippen LogP contribution in [-0.2, 0) is 11.2 Å². The summed E-state index contributed by atoms with van der Waals surface area (Å²) in [5, 5.41) is 3.45. The van der Waals surface area contributed by atoms with E-state index in [4.69, 9.17) is 4.74 Å². The van der Waals surface area contributed by atoms with Crippen molar-refractivity contribution < 1.29 is 4.74 Å². The van der Waals surface area contributed by atoms with Crippen LogP contribution in [0.4, 0.5) is 0 Å². The molecule has 2 atom stereocenters. The van der Waals surface area contributed by atoms with Gasteiger partial charge in [-0.05, 0) is 57.2 Å². The fourth-order valence-corrected chi connectivity index (χ4v) is 2.72. The molecular weight excluding hydrogens is 222 g/mol. The Morgan fingerprint density at radius 3 is 2.83 bits per heavy atom. The van der Waals surface area contributed by atoms with E-state index in [1.807, 2.05) is 0 Å². The Labute approximate surface area is 111 Å². The molecule has 0 bridgehead atoms. The molecule has 0 radical (unpaired) electrons. The maximum Gasteiger partial charge on any atom is 0.0590 e. The van der Waals surface area contributed by atoms with Gasteiger partial charge in [-0.1, -0.05) is 24.3 Å². The van der Waals surface area contributed by atoms with Crippen LogP contribution in [0, 0.1) is 6.92 Å². The number of nitrogens with one attached hydrogen (secondary N) is 1. The largest absolute Gasteiger partial charge is 0.378 e. The minimum atomic E-state index is 0.459. The number of likely N-dealkylation sites (N-methyl/N-ethyl adjacent to an activating group) is 1. The van der Waals surface area contributed by atoms with E-state index in [0.29, 0.717) is 12.1 Å². The van der Waals surface area contributed by atoms with Crippen molar-refractivity contribution in [2.24, 2.45) is 0 Å². The maximum absolute atomic E-state index is 5.84. The summed E-state index contributed by atoms with van der Waals surface area (Å²) in [6.07, 6.45) is 6.48. The van der Waals surface area contributed by atoms with E-state index in [-0.39, 0.29) is 0 Å². The molecule has 2 heteroatoms. The molecule has 1 aromatic carbocycles. The van der Waals surface area contributed by atoms with Crippen molar-refractivity contribution in [3.8, 4) is 0 Å². The van der Waals surface area contributed by atoms with Crippen molar-refractivity contribution >= 4 is 0 Å². The lowest BCUT2D eigenvalue weighted by atomic mass is 9.95. The van der Waals surface area contributed by atoms with Crippen molar-refractivity contribution in [2.75, 3.05) is 13.7 Å². The standard InChI is InChI=1S/C16H25NO/c1-13-7-3-4-8-14(13)11-15(17-2)12-16-9-5-6-10-18-16/h3-4,7-8,15-17H,5-6,9-12H2,1-2H3. The summed E-state index contributed by atoms with van der Waals surface area (Å²) in [5.41, 5.74) is 2.84. The predicted molar refractivity (Wildman–Crippen MR) is 75.9 cm³/mol. The quantitative estimate of drug-likeness (QED) is 0.863. The Hall–Kier alpha value is -0.860. The van der Waals surface area contributed by atoms with Gasteiger partial charge in [0.05, 0.1) is 6.10 Å². The minimum Gasteiger partial charge on any atom is -0.378 e. The highest BCUT2D eigenvalue weighted by atomic mass is 16.5. The maximum atomic E-state index is 5.84. The van der Waals surface area contributed by atoms with Gasteiger partial charge < -0.3 is 10.1 Å².